The van der Waals surface area contributed by atoms with Gasteiger partial charge in [-0.05, 0) is 25.8 Å². The van der Waals surface area contributed by atoms with Crippen molar-refractivity contribution in [1.82, 2.24) is 10.2 Å². The molecule has 0 bridgehead atoms. The molecule has 1 atom stereocenters. The molecule has 0 aliphatic carbocycles. The maximum absolute atomic E-state index is 9.53. The van der Waals surface area contributed by atoms with Crippen LogP contribution in [0.4, 0.5) is 5.69 Å². The van der Waals surface area contributed by atoms with E-state index in [1.165, 1.54) is 0 Å². The summed E-state index contributed by atoms with van der Waals surface area (Å²) in [6, 6.07) is 2.00. The van der Waals surface area contributed by atoms with E-state index in [9.17, 15) is 5.11 Å². The van der Waals surface area contributed by atoms with Crippen LogP contribution in [-0.2, 0) is 0 Å². The molecule has 0 saturated carbocycles. The van der Waals surface area contributed by atoms with Crippen molar-refractivity contribution in [3.8, 4) is 0 Å². The summed E-state index contributed by atoms with van der Waals surface area (Å²) >= 11 is 0. The Labute approximate surface area is 83.6 Å². The number of piperidine rings is 1. The zero-order valence-corrected chi connectivity index (χ0v) is 8.35. The van der Waals surface area contributed by atoms with E-state index in [1.807, 2.05) is 13.0 Å². The van der Waals surface area contributed by atoms with E-state index in [0.717, 1.165) is 30.8 Å². The average molecular weight is 193 g/mol. The monoisotopic (exact) mass is 193 g/mol. The Balaban J connectivity index is 2.14. The van der Waals surface area contributed by atoms with Crippen LogP contribution in [0.5, 0.6) is 0 Å². The van der Waals surface area contributed by atoms with Crippen molar-refractivity contribution in [3.63, 3.8) is 0 Å². The lowest BCUT2D eigenvalue weighted by Gasteiger charge is -2.31. The molecule has 0 spiro atoms. The third-order valence-corrected chi connectivity index (χ3v) is 2.52. The van der Waals surface area contributed by atoms with Gasteiger partial charge in [0.1, 0.15) is 0 Å². The van der Waals surface area contributed by atoms with Gasteiger partial charge in [0.05, 0.1) is 23.7 Å². The SMILES string of the molecule is Cc1cc(N2CCCC(O)C2)cnn1. The normalized spacial score (nSPS) is 22.4. The summed E-state index contributed by atoms with van der Waals surface area (Å²) in [6.45, 7) is 3.64. The first-order chi connectivity index (χ1) is 6.75. The Morgan fingerprint density at radius 2 is 2.43 bits per heavy atom. The Morgan fingerprint density at radius 3 is 3.14 bits per heavy atom. The second-order valence-corrected chi connectivity index (χ2v) is 3.80. The molecule has 2 rings (SSSR count). The van der Waals surface area contributed by atoms with Crippen molar-refractivity contribution in [1.29, 1.82) is 0 Å². The molecule has 1 unspecified atom stereocenters. The van der Waals surface area contributed by atoms with Crippen molar-refractivity contribution in [2.24, 2.45) is 0 Å². The molecule has 0 radical (unpaired) electrons. The van der Waals surface area contributed by atoms with E-state index in [-0.39, 0.29) is 6.10 Å². The highest BCUT2D eigenvalue weighted by Crippen LogP contribution is 2.18. The number of aryl methyl sites for hydroxylation is 1. The van der Waals surface area contributed by atoms with Gasteiger partial charge >= 0.3 is 0 Å². The highest BCUT2D eigenvalue weighted by atomic mass is 16.3. The Morgan fingerprint density at radius 1 is 1.57 bits per heavy atom. The van der Waals surface area contributed by atoms with E-state index in [1.54, 1.807) is 6.20 Å². The molecule has 14 heavy (non-hydrogen) atoms. The molecule has 2 heterocycles. The van der Waals surface area contributed by atoms with Crippen LogP contribution in [0.2, 0.25) is 0 Å². The molecule has 4 heteroatoms. The topological polar surface area (TPSA) is 49.2 Å². The maximum Gasteiger partial charge on any atom is 0.0730 e. The van der Waals surface area contributed by atoms with Crippen LogP contribution in [0, 0.1) is 6.92 Å². The van der Waals surface area contributed by atoms with E-state index >= 15 is 0 Å². The second-order valence-electron chi connectivity index (χ2n) is 3.80. The first kappa shape index (κ1) is 9.40. The van der Waals surface area contributed by atoms with Gasteiger partial charge in [0.15, 0.2) is 0 Å². The minimum atomic E-state index is -0.197. The van der Waals surface area contributed by atoms with Gasteiger partial charge in [-0.1, -0.05) is 0 Å². The van der Waals surface area contributed by atoms with Gasteiger partial charge in [0.25, 0.3) is 0 Å². The Kier molecular flexibility index (Phi) is 2.63. The van der Waals surface area contributed by atoms with E-state index in [0.29, 0.717) is 6.54 Å². The third kappa shape index (κ3) is 2.01. The number of anilines is 1. The van der Waals surface area contributed by atoms with Gasteiger partial charge in [-0.15, -0.1) is 0 Å². The summed E-state index contributed by atoms with van der Waals surface area (Å²) in [7, 11) is 0. The number of aliphatic hydroxyl groups excluding tert-OH is 1. The molecular weight excluding hydrogens is 178 g/mol. The summed E-state index contributed by atoms with van der Waals surface area (Å²) in [5.74, 6) is 0. The minimum absolute atomic E-state index is 0.197. The highest BCUT2D eigenvalue weighted by Gasteiger charge is 2.18. The molecule has 76 valence electrons. The van der Waals surface area contributed by atoms with Crippen molar-refractivity contribution in [2.75, 3.05) is 18.0 Å². The first-order valence-corrected chi connectivity index (χ1v) is 4.98. The number of aromatic nitrogens is 2. The standard InChI is InChI=1S/C10H15N3O/c1-8-5-9(6-11-12-8)13-4-2-3-10(14)7-13/h5-6,10,14H,2-4,7H2,1H3. The van der Waals surface area contributed by atoms with Crippen molar-refractivity contribution < 1.29 is 5.11 Å². The van der Waals surface area contributed by atoms with E-state index in [4.69, 9.17) is 0 Å². The zero-order chi connectivity index (χ0) is 9.97. The van der Waals surface area contributed by atoms with Crippen LogP contribution >= 0.6 is 0 Å². The maximum atomic E-state index is 9.53. The summed E-state index contributed by atoms with van der Waals surface area (Å²) in [4.78, 5) is 2.16. The van der Waals surface area contributed by atoms with Crippen LogP contribution in [-0.4, -0.2) is 34.5 Å². The number of hydrogen-bond acceptors (Lipinski definition) is 4. The lowest BCUT2D eigenvalue weighted by atomic mass is 10.1. The number of β-amino-alcohol motifs (C(OH)–C–C–N with tert-alkyl or cyclic N) is 1. The smallest absolute Gasteiger partial charge is 0.0730 e. The number of aliphatic hydroxyl groups is 1. The van der Waals surface area contributed by atoms with Crippen molar-refractivity contribution in [2.45, 2.75) is 25.9 Å². The van der Waals surface area contributed by atoms with Gasteiger partial charge in [0.2, 0.25) is 0 Å². The number of nitrogens with zero attached hydrogens (tertiary/aromatic N) is 3. The fraction of sp³-hybridized carbons (Fsp3) is 0.600. The highest BCUT2D eigenvalue weighted by molar-refractivity contribution is 5.44. The van der Waals surface area contributed by atoms with Crippen LogP contribution in [0.3, 0.4) is 0 Å². The number of rotatable bonds is 1. The second kappa shape index (κ2) is 3.92. The molecule has 1 N–H and O–H groups in total. The molecule has 1 aromatic heterocycles. The van der Waals surface area contributed by atoms with E-state index in [2.05, 4.69) is 15.1 Å². The average Bonchev–Trinajstić information content (AvgIpc) is 2.18. The number of hydrogen-bond donors (Lipinski definition) is 1. The summed E-state index contributed by atoms with van der Waals surface area (Å²) in [6.07, 6.45) is 3.51. The van der Waals surface area contributed by atoms with Crippen molar-refractivity contribution in [3.05, 3.63) is 18.0 Å². The molecule has 4 nitrogen and oxygen atoms in total. The fourth-order valence-electron chi connectivity index (χ4n) is 1.82. The van der Waals surface area contributed by atoms with Gasteiger partial charge in [-0.2, -0.15) is 10.2 Å². The molecule has 1 aliphatic heterocycles. The van der Waals surface area contributed by atoms with Crippen LogP contribution in [0.1, 0.15) is 18.5 Å². The molecule has 1 aromatic rings. The lowest BCUT2D eigenvalue weighted by molar-refractivity contribution is 0.154. The van der Waals surface area contributed by atoms with Crippen LogP contribution < -0.4 is 4.90 Å². The predicted molar refractivity (Wildman–Crippen MR) is 54.2 cm³/mol. The predicted octanol–water partition coefficient (Wildman–Crippen LogP) is 0.746. The Bertz CT molecular complexity index is 316. The van der Waals surface area contributed by atoms with E-state index < -0.39 is 0 Å². The summed E-state index contributed by atoms with van der Waals surface area (Å²) in [5.41, 5.74) is 1.99. The van der Waals surface area contributed by atoms with Gasteiger partial charge in [-0.3, -0.25) is 0 Å². The fourth-order valence-corrected chi connectivity index (χ4v) is 1.82. The Hall–Kier alpha value is -1.16. The first-order valence-electron chi connectivity index (χ1n) is 4.98. The summed E-state index contributed by atoms with van der Waals surface area (Å²) in [5, 5.41) is 17.4. The largest absolute Gasteiger partial charge is 0.391 e. The minimum Gasteiger partial charge on any atom is -0.391 e. The quantitative estimate of drug-likeness (QED) is 0.715. The molecular formula is C10H15N3O. The van der Waals surface area contributed by atoms with Crippen molar-refractivity contribution >= 4 is 5.69 Å². The summed E-state index contributed by atoms with van der Waals surface area (Å²) < 4.78 is 0. The van der Waals surface area contributed by atoms with Crippen LogP contribution in [0.25, 0.3) is 0 Å². The zero-order valence-electron chi connectivity index (χ0n) is 8.35. The van der Waals surface area contributed by atoms with Gasteiger partial charge in [0, 0.05) is 13.1 Å². The molecule has 1 fully saturated rings. The lowest BCUT2D eigenvalue weighted by Crippen LogP contribution is -2.38. The van der Waals surface area contributed by atoms with Gasteiger partial charge in [-0.25, -0.2) is 0 Å². The molecule has 0 aromatic carbocycles. The molecule has 0 amide bonds. The molecule has 1 saturated heterocycles. The molecule has 1 aliphatic rings. The van der Waals surface area contributed by atoms with Crippen LogP contribution in [0.15, 0.2) is 12.3 Å². The van der Waals surface area contributed by atoms with Gasteiger partial charge < -0.3 is 10.0 Å². The third-order valence-electron chi connectivity index (χ3n) is 2.52.